The van der Waals surface area contributed by atoms with Crippen LogP contribution in [0.2, 0.25) is 6.04 Å². The lowest BCUT2D eigenvalue weighted by molar-refractivity contribution is 0.0705. The normalized spacial score (nSPS) is 12.4. The molecule has 0 aliphatic rings. The first kappa shape index (κ1) is 17.1. The van der Waals surface area contributed by atoms with Gasteiger partial charge < -0.3 is 18.2 Å². The van der Waals surface area contributed by atoms with E-state index in [1.165, 1.54) is 0 Å². The van der Waals surface area contributed by atoms with E-state index in [4.69, 9.17) is 13.3 Å². The highest BCUT2D eigenvalue weighted by Gasteiger charge is 2.39. The van der Waals surface area contributed by atoms with Crippen LogP contribution >= 0.6 is 0 Å². The summed E-state index contributed by atoms with van der Waals surface area (Å²) in [5.74, 6) is 0. The monoisotopic (exact) mass is 263 g/mol. The average Bonchev–Trinajstić information content (AvgIpc) is 2.25. The van der Waals surface area contributed by atoms with Crippen LogP contribution in [0.25, 0.3) is 0 Å². The molecule has 0 heterocycles. The molecule has 5 heteroatoms. The first-order valence-electron chi connectivity index (χ1n) is 6.66. The molecule has 0 atom stereocenters. The molecule has 4 nitrogen and oxygen atoms in total. The zero-order valence-electron chi connectivity index (χ0n) is 12.1. The summed E-state index contributed by atoms with van der Waals surface area (Å²) < 4.78 is 17.4. The topological polar surface area (TPSA) is 30.9 Å². The summed E-state index contributed by atoms with van der Waals surface area (Å²) in [6.07, 6.45) is 2.26. The third kappa shape index (κ3) is 7.89. The van der Waals surface area contributed by atoms with E-state index in [-0.39, 0.29) is 0 Å². The van der Waals surface area contributed by atoms with Gasteiger partial charge in [0.05, 0.1) is 0 Å². The predicted octanol–water partition coefficient (Wildman–Crippen LogP) is 2.38. The summed E-state index contributed by atoms with van der Waals surface area (Å²) in [6, 6.07) is 0.927. The van der Waals surface area contributed by atoms with Gasteiger partial charge in [0.2, 0.25) is 0 Å². The van der Waals surface area contributed by atoms with Crippen LogP contribution in [0, 0.1) is 0 Å². The van der Waals surface area contributed by atoms with E-state index in [2.05, 4.69) is 19.0 Å². The van der Waals surface area contributed by atoms with Crippen molar-refractivity contribution in [1.82, 2.24) is 4.90 Å². The summed E-state index contributed by atoms with van der Waals surface area (Å²) in [6.45, 7) is 9.10. The molecule has 0 spiro atoms. The van der Waals surface area contributed by atoms with Crippen molar-refractivity contribution in [1.29, 1.82) is 0 Å². The quantitative estimate of drug-likeness (QED) is 0.423. The number of hydrogen-bond acceptors (Lipinski definition) is 4. The number of nitrogens with zero attached hydrogens (tertiary/aromatic N) is 1. The van der Waals surface area contributed by atoms with Crippen molar-refractivity contribution in [2.24, 2.45) is 0 Å². The Morgan fingerprint density at radius 1 is 0.824 bits per heavy atom. The van der Waals surface area contributed by atoms with E-state index in [0.717, 1.165) is 25.4 Å². The first-order chi connectivity index (χ1) is 8.10. The van der Waals surface area contributed by atoms with E-state index < -0.39 is 8.80 Å². The molecule has 0 aromatic carbocycles. The highest BCUT2D eigenvalue weighted by atomic mass is 28.4. The summed E-state index contributed by atoms with van der Waals surface area (Å²) in [5.41, 5.74) is 0. The second-order valence-corrected chi connectivity index (χ2v) is 6.97. The Morgan fingerprint density at radius 3 is 1.65 bits per heavy atom. The molecular formula is C12H29NO3Si. The molecule has 104 valence electrons. The molecule has 0 aliphatic carbocycles. The molecule has 0 aromatic heterocycles. The largest absolute Gasteiger partial charge is 0.500 e. The standard InChI is InChI=1S/C12H29NO3Si/c1-6-14-17(15-7-2,16-8-3)12-10-9-11-13(4)5/h6-12H2,1-5H3. The van der Waals surface area contributed by atoms with Crippen LogP contribution < -0.4 is 0 Å². The molecule has 17 heavy (non-hydrogen) atoms. The third-order valence-electron chi connectivity index (χ3n) is 2.43. The molecule has 0 fully saturated rings. The lowest BCUT2D eigenvalue weighted by Crippen LogP contribution is -2.46. The molecule has 0 unspecified atom stereocenters. The Labute approximate surface area is 108 Å². The maximum atomic E-state index is 5.80. The molecule has 0 radical (unpaired) electrons. The van der Waals surface area contributed by atoms with Gasteiger partial charge in [-0.25, -0.2) is 0 Å². The second kappa shape index (κ2) is 10.0. The minimum Gasteiger partial charge on any atom is -0.374 e. The predicted molar refractivity (Wildman–Crippen MR) is 73.2 cm³/mol. The minimum atomic E-state index is -2.39. The lowest BCUT2D eigenvalue weighted by Gasteiger charge is -2.28. The molecular weight excluding hydrogens is 234 g/mol. The molecule has 0 aliphatic heterocycles. The lowest BCUT2D eigenvalue weighted by atomic mass is 10.3. The van der Waals surface area contributed by atoms with E-state index in [1.54, 1.807) is 0 Å². The average molecular weight is 263 g/mol. The first-order valence-corrected chi connectivity index (χ1v) is 8.60. The van der Waals surface area contributed by atoms with Gasteiger partial charge >= 0.3 is 8.80 Å². The van der Waals surface area contributed by atoms with Gasteiger partial charge in [-0.2, -0.15) is 0 Å². The van der Waals surface area contributed by atoms with Crippen molar-refractivity contribution < 1.29 is 13.3 Å². The zero-order chi connectivity index (χ0) is 13.1. The maximum absolute atomic E-state index is 5.80. The van der Waals surface area contributed by atoms with Crippen LogP contribution in [-0.4, -0.2) is 54.2 Å². The van der Waals surface area contributed by atoms with Crippen molar-refractivity contribution in [3.05, 3.63) is 0 Å². The highest BCUT2D eigenvalue weighted by Crippen LogP contribution is 2.19. The van der Waals surface area contributed by atoms with Gasteiger partial charge in [-0.3, -0.25) is 0 Å². The molecule has 0 N–H and O–H groups in total. The van der Waals surface area contributed by atoms with E-state index in [1.807, 2.05) is 20.8 Å². The van der Waals surface area contributed by atoms with Gasteiger partial charge in [0.1, 0.15) is 0 Å². The highest BCUT2D eigenvalue weighted by molar-refractivity contribution is 6.60. The van der Waals surface area contributed by atoms with Gasteiger partial charge in [0, 0.05) is 25.9 Å². The van der Waals surface area contributed by atoms with Gasteiger partial charge in [-0.05, 0) is 54.3 Å². The van der Waals surface area contributed by atoms with E-state index in [9.17, 15) is 0 Å². The van der Waals surface area contributed by atoms with Crippen LogP contribution in [0.1, 0.15) is 33.6 Å². The van der Waals surface area contributed by atoms with Gasteiger partial charge in [-0.15, -0.1) is 0 Å². The van der Waals surface area contributed by atoms with Crippen LogP contribution in [0.4, 0.5) is 0 Å². The van der Waals surface area contributed by atoms with Gasteiger partial charge in [0.15, 0.2) is 0 Å². The van der Waals surface area contributed by atoms with Crippen LogP contribution in [-0.2, 0) is 13.3 Å². The Bertz CT molecular complexity index is 162. The molecule has 0 aromatic rings. The van der Waals surface area contributed by atoms with E-state index >= 15 is 0 Å². The Kier molecular flexibility index (Phi) is 10.1. The van der Waals surface area contributed by atoms with Crippen molar-refractivity contribution in [2.45, 2.75) is 39.7 Å². The summed E-state index contributed by atoms with van der Waals surface area (Å²) >= 11 is 0. The molecule has 0 amide bonds. The zero-order valence-corrected chi connectivity index (χ0v) is 13.1. The smallest absolute Gasteiger partial charge is 0.374 e. The molecule has 0 bridgehead atoms. The minimum absolute atomic E-state index is 0.667. The molecule has 0 saturated heterocycles. The van der Waals surface area contributed by atoms with Gasteiger partial charge in [0.25, 0.3) is 0 Å². The SMILES string of the molecule is CCO[Si](CCCCN(C)C)(OCC)OCC. The van der Waals surface area contributed by atoms with E-state index in [0.29, 0.717) is 19.8 Å². The van der Waals surface area contributed by atoms with Crippen LogP contribution in [0.15, 0.2) is 0 Å². The summed E-state index contributed by atoms with van der Waals surface area (Å²) in [7, 11) is 1.81. The Hall–Kier alpha value is 0.0569. The van der Waals surface area contributed by atoms with Crippen molar-refractivity contribution >= 4 is 8.80 Å². The van der Waals surface area contributed by atoms with Crippen molar-refractivity contribution in [2.75, 3.05) is 40.5 Å². The summed E-state index contributed by atoms with van der Waals surface area (Å²) in [5, 5.41) is 0. The number of rotatable bonds is 11. The molecule has 0 saturated carbocycles. The van der Waals surface area contributed by atoms with Crippen molar-refractivity contribution in [3.8, 4) is 0 Å². The van der Waals surface area contributed by atoms with Crippen LogP contribution in [0.5, 0.6) is 0 Å². The number of unbranched alkanes of at least 4 members (excludes halogenated alkanes) is 1. The maximum Gasteiger partial charge on any atom is 0.500 e. The molecule has 0 rings (SSSR count). The van der Waals surface area contributed by atoms with Crippen molar-refractivity contribution in [3.63, 3.8) is 0 Å². The van der Waals surface area contributed by atoms with Gasteiger partial charge in [-0.1, -0.05) is 0 Å². The third-order valence-corrected chi connectivity index (χ3v) is 5.58. The summed E-state index contributed by atoms with van der Waals surface area (Å²) in [4.78, 5) is 2.20. The fourth-order valence-electron chi connectivity index (χ4n) is 1.77. The Balaban J connectivity index is 4.14. The Morgan fingerprint density at radius 2 is 1.29 bits per heavy atom. The fraction of sp³-hybridized carbons (Fsp3) is 1.00. The number of hydrogen-bond donors (Lipinski definition) is 0. The second-order valence-electron chi connectivity index (χ2n) is 4.24. The fourth-order valence-corrected chi connectivity index (χ4v) is 4.46. The van der Waals surface area contributed by atoms with Crippen LogP contribution in [0.3, 0.4) is 0 Å².